The van der Waals surface area contributed by atoms with Crippen LogP contribution in [0.4, 0.5) is 0 Å². The van der Waals surface area contributed by atoms with Crippen LogP contribution in [0.5, 0.6) is 11.5 Å². The molecule has 0 aromatic heterocycles. The quantitative estimate of drug-likeness (QED) is 0.898. The number of halogens is 1. The van der Waals surface area contributed by atoms with Crippen molar-refractivity contribution >= 4 is 15.9 Å². The van der Waals surface area contributed by atoms with E-state index in [0.717, 1.165) is 54.0 Å². The summed E-state index contributed by atoms with van der Waals surface area (Å²) in [6, 6.07) is 3.95. The predicted octanol–water partition coefficient (Wildman–Crippen LogP) is 3.04. The normalized spacial score (nSPS) is 24.0. The van der Waals surface area contributed by atoms with Gasteiger partial charge < -0.3 is 19.9 Å². The van der Waals surface area contributed by atoms with Gasteiger partial charge in [-0.25, -0.2) is 0 Å². The SMILES string of the molecule is NC(c1cc2c(cc1Br)OCCCO2)C1CCCOC1. The maximum atomic E-state index is 6.44. The van der Waals surface area contributed by atoms with Crippen molar-refractivity contribution in [2.24, 2.45) is 11.7 Å². The minimum Gasteiger partial charge on any atom is -0.490 e. The number of benzene rings is 1. The van der Waals surface area contributed by atoms with Gasteiger partial charge in [0.1, 0.15) is 0 Å². The third kappa shape index (κ3) is 2.95. The monoisotopic (exact) mass is 341 g/mol. The number of nitrogens with two attached hydrogens (primary N) is 1. The third-order valence-electron chi connectivity index (χ3n) is 3.93. The summed E-state index contributed by atoms with van der Waals surface area (Å²) < 4.78 is 18.0. The molecule has 3 rings (SSSR count). The van der Waals surface area contributed by atoms with E-state index in [0.29, 0.717) is 19.1 Å². The molecule has 2 N–H and O–H groups in total. The molecule has 0 radical (unpaired) electrons. The second-order valence-electron chi connectivity index (χ2n) is 5.37. The molecule has 110 valence electrons. The second-order valence-corrected chi connectivity index (χ2v) is 6.23. The Hall–Kier alpha value is -0.780. The van der Waals surface area contributed by atoms with Crippen LogP contribution >= 0.6 is 15.9 Å². The highest BCUT2D eigenvalue weighted by Gasteiger charge is 2.26. The van der Waals surface area contributed by atoms with Crippen LogP contribution in [0.25, 0.3) is 0 Å². The van der Waals surface area contributed by atoms with Gasteiger partial charge in [-0.2, -0.15) is 0 Å². The van der Waals surface area contributed by atoms with Crippen molar-refractivity contribution in [2.75, 3.05) is 26.4 Å². The first-order chi connectivity index (χ1) is 9.75. The lowest BCUT2D eigenvalue weighted by Crippen LogP contribution is -2.29. The lowest BCUT2D eigenvalue weighted by molar-refractivity contribution is 0.0446. The maximum absolute atomic E-state index is 6.44. The summed E-state index contributed by atoms with van der Waals surface area (Å²) in [6.07, 6.45) is 3.10. The molecule has 0 saturated carbocycles. The molecule has 20 heavy (non-hydrogen) atoms. The van der Waals surface area contributed by atoms with E-state index in [1.165, 1.54) is 0 Å². The van der Waals surface area contributed by atoms with Crippen molar-refractivity contribution in [3.63, 3.8) is 0 Å². The highest BCUT2D eigenvalue weighted by Crippen LogP contribution is 2.39. The summed E-state index contributed by atoms with van der Waals surface area (Å²) in [6.45, 7) is 2.98. The highest BCUT2D eigenvalue weighted by molar-refractivity contribution is 9.10. The largest absolute Gasteiger partial charge is 0.490 e. The number of hydrogen-bond donors (Lipinski definition) is 1. The summed E-state index contributed by atoms with van der Waals surface area (Å²) >= 11 is 3.61. The lowest BCUT2D eigenvalue weighted by atomic mass is 9.89. The Morgan fingerprint density at radius 2 is 1.85 bits per heavy atom. The zero-order valence-electron chi connectivity index (χ0n) is 11.4. The number of fused-ring (bicyclic) bond motifs is 1. The van der Waals surface area contributed by atoms with E-state index in [-0.39, 0.29) is 6.04 Å². The van der Waals surface area contributed by atoms with Crippen LogP contribution in [-0.4, -0.2) is 26.4 Å². The third-order valence-corrected chi connectivity index (χ3v) is 4.62. The van der Waals surface area contributed by atoms with E-state index < -0.39 is 0 Å². The number of ether oxygens (including phenoxy) is 3. The van der Waals surface area contributed by atoms with Crippen LogP contribution in [0.2, 0.25) is 0 Å². The Kier molecular flexibility index (Phi) is 4.48. The van der Waals surface area contributed by atoms with Crippen molar-refractivity contribution in [3.8, 4) is 11.5 Å². The van der Waals surface area contributed by atoms with Gasteiger partial charge in [0.25, 0.3) is 0 Å². The molecule has 0 amide bonds. The molecule has 2 heterocycles. The van der Waals surface area contributed by atoms with Crippen LogP contribution < -0.4 is 15.2 Å². The van der Waals surface area contributed by atoms with E-state index in [1.807, 2.05) is 12.1 Å². The topological polar surface area (TPSA) is 53.7 Å². The standard InChI is InChI=1S/C15H20BrNO3/c16-12-8-14-13(19-5-2-6-20-14)7-11(12)15(17)10-3-1-4-18-9-10/h7-8,10,15H,1-6,9,17H2. The van der Waals surface area contributed by atoms with Crippen LogP contribution in [-0.2, 0) is 4.74 Å². The summed E-state index contributed by atoms with van der Waals surface area (Å²) in [4.78, 5) is 0. The summed E-state index contributed by atoms with van der Waals surface area (Å²) in [7, 11) is 0. The van der Waals surface area contributed by atoms with Crippen molar-refractivity contribution in [1.29, 1.82) is 0 Å². The predicted molar refractivity (Wildman–Crippen MR) is 80.2 cm³/mol. The molecule has 4 nitrogen and oxygen atoms in total. The van der Waals surface area contributed by atoms with E-state index >= 15 is 0 Å². The summed E-state index contributed by atoms with van der Waals surface area (Å²) in [5, 5.41) is 0. The van der Waals surface area contributed by atoms with E-state index in [2.05, 4.69) is 15.9 Å². The van der Waals surface area contributed by atoms with Gasteiger partial charge in [-0.3, -0.25) is 0 Å². The van der Waals surface area contributed by atoms with Crippen LogP contribution in [0.15, 0.2) is 16.6 Å². The zero-order chi connectivity index (χ0) is 13.9. The fourth-order valence-corrected chi connectivity index (χ4v) is 3.34. The van der Waals surface area contributed by atoms with Gasteiger partial charge >= 0.3 is 0 Å². The molecular weight excluding hydrogens is 322 g/mol. The smallest absolute Gasteiger partial charge is 0.162 e. The van der Waals surface area contributed by atoms with Gasteiger partial charge in [0.2, 0.25) is 0 Å². The van der Waals surface area contributed by atoms with Gasteiger partial charge in [0.15, 0.2) is 11.5 Å². The molecule has 2 unspecified atom stereocenters. The molecule has 2 atom stereocenters. The first-order valence-electron chi connectivity index (χ1n) is 7.18. The Morgan fingerprint density at radius 1 is 1.10 bits per heavy atom. The molecule has 0 bridgehead atoms. The average molecular weight is 342 g/mol. The van der Waals surface area contributed by atoms with Gasteiger partial charge in [0, 0.05) is 29.5 Å². The minimum absolute atomic E-state index is 0.0400. The zero-order valence-corrected chi connectivity index (χ0v) is 13.0. The van der Waals surface area contributed by atoms with Crippen molar-refractivity contribution in [3.05, 3.63) is 22.2 Å². The van der Waals surface area contributed by atoms with E-state index in [4.69, 9.17) is 19.9 Å². The summed E-state index contributed by atoms with van der Waals surface area (Å²) in [5.74, 6) is 1.96. The van der Waals surface area contributed by atoms with Crippen LogP contribution in [0.3, 0.4) is 0 Å². The number of rotatable bonds is 2. The molecule has 1 aromatic carbocycles. The second kappa shape index (κ2) is 6.33. The molecule has 5 heteroatoms. The first kappa shape index (κ1) is 14.2. The van der Waals surface area contributed by atoms with Gasteiger partial charge in [-0.05, 0) is 30.5 Å². The average Bonchev–Trinajstić information content (AvgIpc) is 2.71. The molecule has 1 aromatic rings. The highest BCUT2D eigenvalue weighted by atomic mass is 79.9. The molecular formula is C15H20BrNO3. The Morgan fingerprint density at radius 3 is 2.55 bits per heavy atom. The number of hydrogen-bond acceptors (Lipinski definition) is 4. The molecule has 0 aliphatic carbocycles. The molecule has 1 saturated heterocycles. The summed E-state index contributed by atoms with van der Waals surface area (Å²) in [5.41, 5.74) is 7.51. The molecule has 2 aliphatic rings. The Bertz CT molecular complexity index is 474. The maximum Gasteiger partial charge on any atom is 0.162 e. The van der Waals surface area contributed by atoms with E-state index in [9.17, 15) is 0 Å². The van der Waals surface area contributed by atoms with Gasteiger partial charge in [-0.15, -0.1) is 0 Å². The molecule has 0 spiro atoms. The Labute approximate surface area is 127 Å². The van der Waals surface area contributed by atoms with Crippen LogP contribution in [0, 0.1) is 5.92 Å². The van der Waals surface area contributed by atoms with Crippen LogP contribution in [0.1, 0.15) is 30.9 Å². The fraction of sp³-hybridized carbons (Fsp3) is 0.600. The molecule has 1 fully saturated rings. The van der Waals surface area contributed by atoms with Gasteiger partial charge in [-0.1, -0.05) is 15.9 Å². The van der Waals surface area contributed by atoms with Crippen molar-refractivity contribution < 1.29 is 14.2 Å². The lowest BCUT2D eigenvalue weighted by Gasteiger charge is -2.28. The van der Waals surface area contributed by atoms with E-state index in [1.54, 1.807) is 0 Å². The van der Waals surface area contributed by atoms with Crippen molar-refractivity contribution in [2.45, 2.75) is 25.3 Å². The Balaban J connectivity index is 1.86. The fourth-order valence-electron chi connectivity index (χ4n) is 2.76. The molecule has 2 aliphatic heterocycles. The minimum atomic E-state index is -0.0400. The van der Waals surface area contributed by atoms with Crippen molar-refractivity contribution in [1.82, 2.24) is 0 Å². The first-order valence-corrected chi connectivity index (χ1v) is 7.97. The van der Waals surface area contributed by atoms with Gasteiger partial charge in [0.05, 0.1) is 19.8 Å².